The molecule has 0 radical (unpaired) electrons. The van der Waals surface area contributed by atoms with Gasteiger partial charge in [0.05, 0.1) is 6.04 Å². The molecule has 0 aromatic carbocycles. The van der Waals surface area contributed by atoms with Crippen LogP contribution in [0.4, 0.5) is 0 Å². The molecule has 19 heavy (non-hydrogen) atoms. The van der Waals surface area contributed by atoms with Crippen LogP contribution < -0.4 is 11.1 Å². The zero-order valence-corrected chi connectivity index (χ0v) is 12.2. The maximum Gasteiger partial charge on any atom is 0.239 e. The van der Waals surface area contributed by atoms with E-state index in [4.69, 9.17) is 5.73 Å². The number of nitrogens with two attached hydrogens (primary N) is 1. The monoisotopic (exact) mass is 269 g/mol. The highest BCUT2D eigenvalue weighted by Crippen LogP contribution is 2.12. The Balaban J connectivity index is 2.32. The Kier molecular flexibility index (Phi) is 6.84. The Morgan fingerprint density at radius 1 is 1.26 bits per heavy atom. The number of carbonyl (C=O) groups excluding carboxylic acids is 2. The normalized spacial score (nSPS) is 18.2. The minimum Gasteiger partial charge on any atom is -0.353 e. The average molecular weight is 269 g/mol. The molecule has 0 saturated carbocycles. The molecule has 3 N–H and O–H groups in total. The van der Waals surface area contributed by atoms with E-state index in [1.807, 2.05) is 18.7 Å². The summed E-state index contributed by atoms with van der Waals surface area (Å²) in [5.74, 6) is 0.176. The molecule has 1 rings (SSSR count). The molecular formula is C14H27N3O2. The standard InChI is InChI=1S/C14H27N3O2/c1-3-5-12(15)14(19)17-9-7-11(8-10-17)16-13(18)6-4-2/h11-12H,3-10,15H2,1-2H3,(H,16,18)/t12-/m1/s1. The summed E-state index contributed by atoms with van der Waals surface area (Å²) in [5.41, 5.74) is 5.85. The topological polar surface area (TPSA) is 75.4 Å². The van der Waals surface area contributed by atoms with Gasteiger partial charge in [-0.15, -0.1) is 0 Å². The van der Waals surface area contributed by atoms with Crippen LogP contribution in [0.15, 0.2) is 0 Å². The van der Waals surface area contributed by atoms with E-state index in [0.29, 0.717) is 19.5 Å². The molecule has 2 amide bonds. The Morgan fingerprint density at radius 2 is 1.89 bits per heavy atom. The van der Waals surface area contributed by atoms with Gasteiger partial charge in [0.1, 0.15) is 0 Å². The number of hydrogen-bond donors (Lipinski definition) is 2. The lowest BCUT2D eigenvalue weighted by Crippen LogP contribution is -2.50. The molecule has 1 aliphatic heterocycles. The Morgan fingerprint density at radius 3 is 2.42 bits per heavy atom. The van der Waals surface area contributed by atoms with Gasteiger partial charge in [-0.2, -0.15) is 0 Å². The van der Waals surface area contributed by atoms with Crippen LogP contribution >= 0.6 is 0 Å². The van der Waals surface area contributed by atoms with Gasteiger partial charge in [0.2, 0.25) is 11.8 Å². The molecule has 0 spiro atoms. The third-order valence-corrected chi connectivity index (χ3v) is 3.57. The highest BCUT2D eigenvalue weighted by atomic mass is 16.2. The van der Waals surface area contributed by atoms with Crippen LogP contribution in [0, 0.1) is 0 Å². The molecule has 1 aliphatic rings. The molecule has 0 unspecified atom stereocenters. The fourth-order valence-electron chi connectivity index (χ4n) is 2.44. The highest BCUT2D eigenvalue weighted by Gasteiger charge is 2.26. The van der Waals surface area contributed by atoms with Crippen molar-refractivity contribution in [3.63, 3.8) is 0 Å². The summed E-state index contributed by atoms with van der Waals surface area (Å²) in [6.07, 6.45) is 4.79. The maximum absolute atomic E-state index is 12.0. The first-order valence-electron chi connectivity index (χ1n) is 7.42. The van der Waals surface area contributed by atoms with Crippen LogP contribution in [0.2, 0.25) is 0 Å². The number of rotatable bonds is 6. The number of carbonyl (C=O) groups is 2. The van der Waals surface area contributed by atoms with Gasteiger partial charge < -0.3 is 16.0 Å². The number of hydrogen-bond acceptors (Lipinski definition) is 3. The molecule has 0 aromatic heterocycles. The zero-order valence-electron chi connectivity index (χ0n) is 12.2. The van der Waals surface area contributed by atoms with Crippen molar-refractivity contribution in [1.82, 2.24) is 10.2 Å². The Hall–Kier alpha value is -1.10. The smallest absolute Gasteiger partial charge is 0.239 e. The third kappa shape index (κ3) is 5.19. The molecule has 1 saturated heterocycles. The van der Waals surface area contributed by atoms with Crippen molar-refractivity contribution < 1.29 is 9.59 Å². The maximum atomic E-state index is 12.0. The molecule has 0 aliphatic carbocycles. The molecule has 0 bridgehead atoms. The van der Waals surface area contributed by atoms with Gasteiger partial charge >= 0.3 is 0 Å². The second-order valence-electron chi connectivity index (χ2n) is 5.31. The first-order valence-corrected chi connectivity index (χ1v) is 7.42. The van der Waals surface area contributed by atoms with Crippen LogP contribution in [0.5, 0.6) is 0 Å². The van der Waals surface area contributed by atoms with Gasteiger partial charge in [-0.1, -0.05) is 20.3 Å². The molecule has 1 atom stereocenters. The number of nitrogens with zero attached hydrogens (tertiary/aromatic N) is 1. The van der Waals surface area contributed by atoms with E-state index < -0.39 is 0 Å². The van der Waals surface area contributed by atoms with Crippen LogP contribution in [0.25, 0.3) is 0 Å². The van der Waals surface area contributed by atoms with Crippen LogP contribution in [0.3, 0.4) is 0 Å². The van der Waals surface area contributed by atoms with Gasteiger partial charge in [0, 0.05) is 25.6 Å². The second kappa shape index (κ2) is 8.15. The number of likely N-dealkylation sites (tertiary alicyclic amines) is 1. The highest BCUT2D eigenvalue weighted by molar-refractivity contribution is 5.81. The summed E-state index contributed by atoms with van der Waals surface area (Å²) < 4.78 is 0. The van der Waals surface area contributed by atoms with Gasteiger partial charge in [-0.05, 0) is 25.7 Å². The molecule has 1 heterocycles. The van der Waals surface area contributed by atoms with Crippen LogP contribution in [0.1, 0.15) is 52.4 Å². The molecule has 0 aromatic rings. The van der Waals surface area contributed by atoms with Crippen LogP contribution in [-0.2, 0) is 9.59 Å². The predicted octanol–water partition coefficient (Wildman–Crippen LogP) is 1.02. The average Bonchev–Trinajstić information content (AvgIpc) is 2.39. The molecule has 5 nitrogen and oxygen atoms in total. The van der Waals surface area contributed by atoms with E-state index >= 15 is 0 Å². The van der Waals surface area contributed by atoms with Crippen LogP contribution in [-0.4, -0.2) is 41.9 Å². The van der Waals surface area contributed by atoms with E-state index in [9.17, 15) is 9.59 Å². The van der Waals surface area contributed by atoms with Crippen molar-refractivity contribution >= 4 is 11.8 Å². The minimum atomic E-state index is -0.365. The largest absolute Gasteiger partial charge is 0.353 e. The van der Waals surface area contributed by atoms with Gasteiger partial charge in [0.15, 0.2) is 0 Å². The number of nitrogens with one attached hydrogen (secondary N) is 1. The summed E-state index contributed by atoms with van der Waals surface area (Å²) in [7, 11) is 0. The fourth-order valence-corrected chi connectivity index (χ4v) is 2.44. The molecular weight excluding hydrogens is 242 g/mol. The Bertz CT molecular complexity index is 299. The van der Waals surface area contributed by atoms with E-state index in [1.165, 1.54) is 0 Å². The van der Waals surface area contributed by atoms with Crippen molar-refractivity contribution in [3.8, 4) is 0 Å². The van der Waals surface area contributed by atoms with Crippen molar-refractivity contribution in [2.75, 3.05) is 13.1 Å². The van der Waals surface area contributed by atoms with Gasteiger partial charge in [-0.25, -0.2) is 0 Å². The summed E-state index contributed by atoms with van der Waals surface area (Å²) in [6.45, 7) is 5.43. The second-order valence-corrected chi connectivity index (χ2v) is 5.31. The van der Waals surface area contributed by atoms with Gasteiger partial charge in [0.25, 0.3) is 0 Å². The number of amides is 2. The molecule has 5 heteroatoms. The summed E-state index contributed by atoms with van der Waals surface area (Å²) >= 11 is 0. The van der Waals surface area contributed by atoms with Crippen molar-refractivity contribution in [1.29, 1.82) is 0 Å². The Labute approximate surface area is 115 Å². The van der Waals surface area contributed by atoms with E-state index in [0.717, 1.165) is 32.1 Å². The van der Waals surface area contributed by atoms with E-state index in [-0.39, 0.29) is 23.9 Å². The van der Waals surface area contributed by atoms with Crippen molar-refractivity contribution in [2.24, 2.45) is 5.73 Å². The van der Waals surface area contributed by atoms with E-state index in [2.05, 4.69) is 5.32 Å². The lowest BCUT2D eigenvalue weighted by molar-refractivity contribution is -0.134. The summed E-state index contributed by atoms with van der Waals surface area (Å²) in [4.78, 5) is 25.4. The SMILES string of the molecule is CCCC(=O)NC1CCN(C(=O)[C@H](N)CCC)CC1. The van der Waals surface area contributed by atoms with Crippen molar-refractivity contribution in [3.05, 3.63) is 0 Å². The quantitative estimate of drug-likeness (QED) is 0.756. The lowest BCUT2D eigenvalue weighted by atomic mass is 10.0. The summed E-state index contributed by atoms with van der Waals surface area (Å²) in [6, 6.07) is -0.151. The first-order chi connectivity index (χ1) is 9.08. The number of piperidine rings is 1. The van der Waals surface area contributed by atoms with Gasteiger partial charge in [-0.3, -0.25) is 9.59 Å². The lowest BCUT2D eigenvalue weighted by Gasteiger charge is -2.33. The molecule has 1 fully saturated rings. The van der Waals surface area contributed by atoms with E-state index in [1.54, 1.807) is 0 Å². The minimum absolute atomic E-state index is 0.0557. The third-order valence-electron chi connectivity index (χ3n) is 3.57. The summed E-state index contributed by atoms with van der Waals surface area (Å²) in [5, 5.41) is 3.03. The first kappa shape index (κ1) is 16.0. The predicted molar refractivity (Wildman–Crippen MR) is 75.5 cm³/mol. The fraction of sp³-hybridized carbons (Fsp3) is 0.857. The zero-order chi connectivity index (χ0) is 14.3. The molecule has 110 valence electrons. The van der Waals surface area contributed by atoms with Crippen molar-refractivity contribution in [2.45, 2.75) is 64.5 Å².